The predicted molar refractivity (Wildman–Crippen MR) is 68.3 cm³/mol. The van der Waals surface area contributed by atoms with Gasteiger partial charge in [0.1, 0.15) is 0 Å². The van der Waals surface area contributed by atoms with E-state index in [0.717, 1.165) is 38.9 Å². The molecule has 0 aromatic rings. The van der Waals surface area contributed by atoms with E-state index < -0.39 is 0 Å². The van der Waals surface area contributed by atoms with E-state index in [2.05, 4.69) is 22.7 Å². The monoisotopic (exact) mass is 241 g/mol. The number of hydrogen-bond acceptors (Lipinski definition) is 3. The van der Waals surface area contributed by atoms with Crippen LogP contribution in [0.4, 0.5) is 0 Å². The molecule has 1 aliphatic heterocycles. The van der Waals surface area contributed by atoms with Crippen LogP contribution in [0.25, 0.3) is 0 Å². The van der Waals surface area contributed by atoms with Crippen molar-refractivity contribution in [3.8, 4) is 0 Å². The average Bonchev–Trinajstić information content (AvgIpc) is 2.87. The number of guanidine groups is 1. The fraction of sp³-hybridized carbons (Fsp3) is 0.818. The van der Waals surface area contributed by atoms with Gasteiger partial charge in [-0.25, -0.2) is 5.84 Å². The molecule has 0 saturated carbocycles. The second kappa shape index (κ2) is 7.89. The quantitative estimate of drug-likeness (QED) is 0.270. The Balaban J connectivity index is 2.19. The molecule has 0 bridgehead atoms. The van der Waals surface area contributed by atoms with E-state index in [-0.39, 0.29) is 5.91 Å². The summed E-state index contributed by atoms with van der Waals surface area (Å²) in [5.41, 5.74) is 2.49. The summed E-state index contributed by atoms with van der Waals surface area (Å²) in [5.74, 6) is 6.08. The van der Waals surface area contributed by atoms with Crippen LogP contribution in [-0.4, -0.2) is 42.9 Å². The summed E-state index contributed by atoms with van der Waals surface area (Å²) in [6.07, 6.45) is 3.73. The van der Waals surface area contributed by atoms with E-state index in [1.807, 2.05) is 4.90 Å². The third kappa shape index (κ3) is 5.04. The Morgan fingerprint density at radius 3 is 2.71 bits per heavy atom. The normalized spacial score (nSPS) is 16.1. The summed E-state index contributed by atoms with van der Waals surface area (Å²) in [6.45, 7) is 5.17. The van der Waals surface area contributed by atoms with Gasteiger partial charge in [0, 0.05) is 32.6 Å². The van der Waals surface area contributed by atoms with Crippen LogP contribution in [0.3, 0.4) is 0 Å². The molecule has 0 atom stereocenters. The number of carbonyl (C=O) groups excluding carboxylic acids is 1. The van der Waals surface area contributed by atoms with Gasteiger partial charge in [0.05, 0.1) is 0 Å². The molecule has 1 heterocycles. The average molecular weight is 241 g/mol. The van der Waals surface area contributed by atoms with Crippen molar-refractivity contribution < 1.29 is 4.79 Å². The molecule has 6 nitrogen and oxygen atoms in total. The largest absolute Gasteiger partial charge is 0.355 e. The topological polar surface area (TPSA) is 82.7 Å². The third-order valence-electron chi connectivity index (χ3n) is 2.72. The molecule has 17 heavy (non-hydrogen) atoms. The van der Waals surface area contributed by atoms with E-state index in [1.54, 1.807) is 0 Å². The highest BCUT2D eigenvalue weighted by molar-refractivity contribution is 5.81. The van der Waals surface area contributed by atoms with Gasteiger partial charge in [-0.15, -0.1) is 0 Å². The third-order valence-corrected chi connectivity index (χ3v) is 2.72. The van der Waals surface area contributed by atoms with Crippen LogP contribution in [-0.2, 0) is 4.79 Å². The lowest BCUT2D eigenvalue weighted by Gasteiger charge is -2.15. The molecule has 1 rings (SSSR count). The Bertz CT molecular complexity index is 261. The van der Waals surface area contributed by atoms with E-state index in [4.69, 9.17) is 5.84 Å². The molecule has 1 aliphatic rings. The van der Waals surface area contributed by atoms with E-state index >= 15 is 0 Å². The molecular formula is C11H23N5O. The summed E-state index contributed by atoms with van der Waals surface area (Å²) in [4.78, 5) is 17.8. The molecule has 1 amide bonds. The minimum Gasteiger partial charge on any atom is -0.355 e. The molecule has 98 valence electrons. The minimum absolute atomic E-state index is 0.210. The maximum Gasteiger partial charge on any atom is 0.224 e. The highest BCUT2D eigenvalue weighted by Gasteiger charge is 2.16. The maximum atomic E-state index is 11.7. The first kappa shape index (κ1) is 13.8. The highest BCUT2D eigenvalue weighted by atomic mass is 16.2. The van der Waals surface area contributed by atoms with Crippen LogP contribution < -0.4 is 16.6 Å². The first-order valence-electron chi connectivity index (χ1n) is 6.30. The molecular weight excluding hydrogens is 218 g/mol. The van der Waals surface area contributed by atoms with Gasteiger partial charge >= 0.3 is 0 Å². The Labute approximate surface area is 103 Å². The molecule has 0 radical (unpaired) electrons. The summed E-state index contributed by atoms with van der Waals surface area (Å²) in [7, 11) is 0. The standard InChI is InChI=1S/C11H23N5O/c1-2-6-13-11(15-12)14-7-5-10(17)16-8-3-4-9-16/h2-9,12H2,1H3,(H2,13,14,15). The Kier molecular flexibility index (Phi) is 6.39. The molecule has 6 heteroatoms. The second-order valence-corrected chi connectivity index (χ2v) is 4.14. The van der Waals surface area contributed by atoms with Gasteiger partial charge in [-0.3, -0.25) is 15.2 Å². The van der Waals surface area contributed by atoms with Crippen molar-refractivity contribution in [2.75, 3.05) is 26.2 Å². The highest BCUT2D eigenvalue weighted by Crippen LogP contribution is 2.08. The van der Waals surface area contributed by atoms with E-state index in [1.165, 1.54) is 0 Å². The van der Waals surface area contributed by atoms with Gasteiger partial charge in [-0.2, -0.15) is 0 Å². The van der Waals surface area contributed by atoms with Gasteiger partial charge in [0.15, 0.2) is 0 Å². The first-order valence-corrected chi connectivity index (χ1v) is 6.30. The Morgan fingerprint density at radius 2 is 2.12 bits per heavy atom. The van der Waals surface area contributed by atoms with Crippen molar-refractivity contribution >= 4 is 11.9 Å². The van der Waals surface area contributed by atoms with Gasteiger partial charge < -0.3 is 10.2 Å². The van der Waals surface area contributed by atoms with Crippen molar-refractivity contribution in [2.24, 2.45) is 10.8 Å². The summed E-state index contributed by atoms with van der Waals surface area (Å²) in [6, 6.07) is 0. The molecule has 1 saturated heterocycles. The summed E-state index contributed by atoms with van der Waals surface area (Å²) < 4.78 is 0. The number of nitrogens with two attached hydrogens (primary N) is 1. The van der Waals surface area contributed by atoms with Crippen LogP contribution in [0.5, 0.6) is 0 Å². The van der Waals surface area contributed by atoms with Crippen molar-refractivity contribution in [3.63, 3.8) is 0 Å². The molecule has 1 fully saturated rings. The number of nitrogens with one attached hydrogen (secondary N) is 2. The smallest absolute Gasteiger partial charge is 0.224 e. The van der Waals surface area contributed by atoms with Gasteiger partial charge in [-0.05, 0) is 19.3 Å². The lowest BCUT2D eigenvalue weighted by atomic mass is 10.3. The number of likely N-dealkylation sites (tertiary alicyclic amines) is 1. The zero-order valence-corrected chi connectivity index (χ0v) is 10.5. The van der Waals surface area contributed by atoms with E-state index in [0.29, 0.717) is 18.9 Å². The Morgan fingerprint density at radius 1 is 1.41 bits per heavy atom. The van der Waals surface area contributed by atoms with Gasteiger partial charge in [0.2, 0.25) is 11.9 Å². The SMILES string of the molecule is CCCN=C(NN)NCCC(=O)N1CCCC1. The lowest BCUT2D eigenvalue weighted by Crippen LogP contribution is -2.43. The van der Waals surface area contributed by atoms with Gasteiger partial charge in [-0.1, -0.05) is 6.92 Å². The molecule has 0 unspecified atom stereocenters. The molecule has 0 spiro atoms. The zero-order valence-electron chi connectivity index (χ0n) is 10.5. The molecule has 0 aliphatic carbocycles. The number of hydrazine groups is 1. The summed E-state index contributed by atoms with van der Waals surface area (Å²) in [5, 5.41) is 3.02. The second-order valence-electron chi connectivity index (χ2n) is 4.14. The summed E-state index contributed by atoms with van der Waals surface area (Å²) >= 11 is 0. The van der Waals surface area contributed by atoms with Crippen LogP contribution in [0.1, 0.15) is 32.6 Å². The molecule has 0 aromatic heterocycles. The van der Waals surface area contributed by atoms with Crippen LogP contribution in [0.2, 0.25) is 0 Å². The predicted octanol–water partition coefficient (Wildman–Crippen LogP) is -0.182. The number of nitrogens with zero attached hydrogens (tertiary/aromatic N) is 2. The van der Waals surface area contributed by atoms with Crippen molar-refractivity contribution in [1.82, 2.24) is 15.6 Å². The fourth-order valence-corrected chi connectivity index (χ4v) is 1.79. The molecule has 4 N–H and O–H groups in total. The fourth-order valence-electron chi connectivity index (χ4n) is 1.79. The van der Waals surface area contributed by atoms with E-state index in [9.17, 15) is 4.79 Å². The van der Waals surface area contributed by atoms with Gasteiger partial charge in [0.25, 0.3) is 0 Å². The lowest BCUT2D eigenvalue weighted by molar-refractivity contribution is -0.129. The number of aliphatic imine (C=N–C) groups is 1. The number of amides is 1. The van der Waals surface area contributed by atoms with Crippen LogP contribution in [0, 0.1) is 0 Å². The van der Waals surface area contributed by atoms with Crippen molar-refractivity contribution in [2.45, 2.75) is 32.6 Å². The number of rotatable bonds is 5. The molecule has 0 aromatic carbocycles. The van der Waals surface area contributed by atoms with Crippen molar-refractivity contribution in [1.29, 1.82) is 0 Å². The number of carbonyl (C=O) groups is 1. The van der Waals surface area contributed by atoms with Crippen molar-refractivity contribution in [3.05, 3.63) is 0 Å². The number of hydrogen-bond donors (Lipinski definition) is 3. The maximum absolute atomic E-state index is 11.7. The first-order chi connectivity index (χ1) is 8.27. The van der Waals surface area contributed by atoms with Crippen LogP contribution >= 0.6 is 0 Å². The van der Waals surface area contributed by atoms with Crippen LogP contribution in [0.15, 0.2) is 4.99 Å². The minimum atomic E-state index is 0.210. The Hall–Kier alpha value is -1.30. The zero-order chi connectivity index (χ0) is 12.5.